The lowest BCUT2D eigenvalue weighted by atomic mass is 10.1. The Labute approximate surface area is 187 Å². The Kier molecular flexibility index (Phi) is 7.58. The SMILES string of the molecule is Nc1nc2c(ncn2[C@@H]2O[C@H](CSCP(=O)(O)OP(=O)(O)OP(=O)(O)O)[C@@H](O)[C@H]2O)c(=O)[nH]1. The van der Waals surface area contributed by atoms with E-state index >= 15 is 0 Å². The van der Waals surface area contributed by atoms with E-state index in [1.54, 1.807) is 0 Å². The molecule has 18 nitrogen and oxygen atoms in total. The number of nitrogens with two attached hydrogens (primary N) is 1. The van der Waals surface area contributed by atoms with Gasteiger partial charge < -0.3 is 40.3 Å². The van der Waals surface area contributed by atoms with Crippen molar-refractivity contribution in [2.75, 3.05) is 17.0 Å². The fourth-order valence-corrected chi connectivity index (χ4v) is 8.06. The summed E-state index contributed by atoms with van der Waals surface area (Å²) in [5.74, 6) is -0.461. The van der Waals surface area contributed by atoms with E-state index in [2.05, 4.69) is 23.6 Å². The zero-order valence-electron chi connectivity index (χ0n) is 16.0. The standard InChI is InChI=1S/C11H18N5O13P3S/c12-11-14-8-5(9(19)15-11)13-2-16(8)10-7(18)6(17)4(27-10)1-33-3-30(20,21)28-32(25,26)29-31(22,23)24/h2,4,6-7,10,17-18H,1,3H2,(H,20,21)(H,25,26)(H2,22,23,24)(H3,12,14,15,19)/t4-,6-,7-,10-/m1/s1. The van der Waals surface area contributed by atoms with Crippen molar-refractivity contribution in [2.45, 2.75) is 24.5 Å². The monoisotopic (exact) mass is 553 g/mol. The number of ether oxygens (including phenoxy) is 1. The van der Waals surface area contributed by atoms with Crippen LogP contribution in [0.4, 0.5) is 5.95 Å². The zero-order chi connectivity index (χ0) is 24.8. The number of hydrogen-bond acceptors (Lipinski definition) is 13. The molecule has 0 bridgehead atoms. The number of anilines is 1. The molecule has 0 spiro atoms. The van der Waals surface area contributed by atoms with Crippen LogP contribution in [0.5, 0.6) is 0 Å². The van der Waals surface area contributed by atoms with Gasteiger partial charge in [0.2, 0.25) is 5.95 Å². The molecule has 186 valence electrons. The van der Waals surface area contributed by atoms with Crippen molar-refractivity contribution in [1.29, 1.82) is 0 Å². The second-order valence-electron chi connectivity index (χ2n) is 6.58. The highest BCUT2D eigenvalue weighted by atomic mass is 32.2. The van der Waals surface area contributed by atoms with Crippen LogP contribution in [-0.2, 0) is 27.1 Å². The second kappa shape index (κ2) is 9.47. The Hall–Kier alpha value is -1.17. The van der Waals surface area contributed by atoms with Crippen molar-refractivity contribution >= 4 is 52.1 Å². The van der Waals surface area contributed by atoms with Gasteiger partial charge in [-0.3, -0.25) is 18.9 Å². The van der Waals surface area contributed by atoms with Crippen LogP contribution < -0.4 is 11.3 Å². The normalized spacial score (nSPS) is 27.5. The lowest BCUT2D eigenvalue weighted by Gasteiger charge is -2.18. The molecule has 1 aliphatic rings. The molecule has 33 heavy (non-hydrogen) atoms. The maximum Gasteiger partial charge on any atom is 0.488 e. The smallest absolute Gasteiger partial charge is 0.387 e. The van der Waals surface area contributed by atoms with Gasteiger partial charge in [-0.1, -0.05) is 0 Å². The van der Waals surface area contributed by atoms with Crippen LogP contribution in [0.1, 0.15) is 6.23 Å². The number of nitrogens with one attached hydrogen (secondary N) is 1. The van der Waals surface area contributed by atoms with Crippen molar-refractivity contribution in [1.82, 2.24) is 19.5 Å². The van der Waals surface area contributed by atoms with Crippen molar-refractivity contribution in [3.05, 3.63) is 16.7 Å². The first-order valence-electron chi connectivity index (χ1n) is 8.53. The van der Waals surface area contributed by atoms with E-state index in [-0.39, 0.29) is 22.9 Å². The first kappa shape index (κ1) is 26.4. The molecule has 2 aromatic heterocycles. The molecule has 1 aliphatic heterocycles. The van der Waals surface area contributed by atoms with Gasteiger partial charge >= 0.3 is 23.2 Å². The Morgan fingerprint density at radius 3 is 2.48 bits per heavy atom. The van der Waals surface area contributed by atoms with Crippen LogP contribution in [-0.4, -0.2) is 78.9 Å². The van der Waals surface area contributed by atoms with Gasteiger partial charge in [0.05, 0.1) is 17.9 Å². The molecule has 0 radical (unpaired) electrons. The van der Waals surface area contributed by atoms with Gasteiger partial charge in [0.15, 0.2) is 17.4 Å². The van der Waals surface area contributed by atoms with E-state index in [0.29, 0.717) is 11.8 Å². The summed E-state index contributed by atoms with van der Waals surface area (Å²) in [6.07, 6.45) is -4.27. The number of rotatable bonds is 9. The number of aliphatic hydroxyl groups excluding tert-OH is 2. The zero-order valence-corrected chi connectivity index (χ0v) is 19.5. The topological polar surface area (TPSA) is 290 Å². The van der Waals surface area contributed by atoms with Gasteiger partial charge in [-0.2, -0.15) is 9.29 Å². The number of aromatic nitrogens is 4. The summed E-state index contributed by atoms with van der Waals surface area (Å²) < 4.78 is 48.1. The molecule has 1 fully saturated rings. The van der Waals surface area contributed by atoms with E-state index in [9.17, 15) is 38.5 Å². The number of thioether (sulfide) groups is 1. The van der Waals surface area contributed by atoms with E-state index in [4.69, 9.17) is 20.3 Å². The summed E-state index contributed by atoms with van der Waals surface area (Å²) in [5, 5.41) is 20.6. The third kappa shape index (κ3) is 6.49. The molecule has 0 saturated carbocycles. The van der Waals surface area contributed by atoms with Crippen molar-refractivity contribution in [3.63, 3.8) is 0 Å². The number of aromatic amines is 1. The maximum atomic E-state index is 11.9. The number of imidazole rings is 1. The molecule has 0 amide bonds. The average Bonchev–Trinajstić information content (AvgIpc) is 3.14. The fraction of sp³-hybridized carbons (Fsp3) is 0.545. The molecule has 2 aromatic rings. The summed E-state index contributed by atoms with van der Waals surface area (Å²) in [5.41, 5.74) is 3.87. The average molecular weight is 553 g/mol. The second-order valence-corrected chi connectivity index (χ2v) is 12.9. The number of hydrogen-bond donors (Lipinski definition) is 8. The van der Waals surface area contributed by atoms with Crippen LogP contribution in [0.2, 0.25) is 0 Å². The first-order chi connectivity index (χ1) is 15.1. The van der Waals surface area contributed by atoms with Crippen LogP contribution in [0, 0.1) is 0 Å². The molecular weight excluding hydrogens is 535 g/mol. The minimum atomic E-state index is -5.56. The van der Waals surface area contributed by atoms with E-state index < -0.39 is 58.8 Å². The summed E-state index contributed by atoms with van der Waals surface area (Å²) in [7, 11) is -15.9. The lowest BCUT2D eigenvalue weighted by molar-refractivity contribution is -0.0288. The predicted octanol–water partition coefficient (Wildman–Crippen LogP) is -1.58. The maximum absolute atomic E-state index is 11.9. The Bertz CT molecular complexity index is 1230. The first-order valence-corrected chi connectivity index (χ1v) is 14.5. The fourth-order valence-electron chi connectivity index (χ4n) is 2.84. The van der Waals surface area contributed by atoms with Crippen LogP contribution in [0.25, 0.3) is 11.2 Å². The van der Waals surface area contributed by atoms with Crippen LogP contribution >= 0.6 is 35.0 Å². The molecule has 2 unspecified atom stereocenters. The molecule has 0 aromatic carbocycles. The summed E-state index contributed by atoms with van der Waals surface area (Å²) in [6.45, 7) is 0. The molecule has 0 aliphatic carbocycles. The highest BCUT2D eigenvalue weighted by Gasteiger charge is 2.45. The quantitative estimate of drug-likeness (QED) is 0.163. The Balaban J connectivity index is 1.64. The number of nitrogens with zero attached hydrogens (tertiary/aromatic N) is 3. The third-order valence-corrected chi connectivity index (χ3v) is 10.2. The van der Waals surface area contributed by atoms with Gasteiger partial charge in [0, 0.05) is 5.75 Å². The number of H-pyrrole nitrogens is 1. The third-order valence-electron chi connectivity index (χ3n) is 4.04. The number of nitrogen functional groups attached to an aromatic ring is 1. The largest absolute Gasteiger partial charge is 0.488 e. The highest BCUT2D eigenvalue weighted by Crippen LogP contribution is 2.66. The van der Waals surface area contributed by atoms with E-state index in [0.717, 1.165) is 6.33 Å². The van der Waals surface area contributed by atoms with E-state index in [1.807, 2.05) is 0 Å². The molecule has 3 heterocycles. The summed E-state index contributed by atoms with van der Waals surface area (Å²) in [4.78, 5) is 57.8. The Morgan fingerprint density at radius 2 is 1.85 bits per heavy atom. The predicted molar refractivity (Wildman–Crippen MR) is 110 cm³/mol. The minimum Gasteiger partial charge on any atom is -0.387 e. The molecule has 22 heteroatoms. The molecule has 3 rings (SSSR count). The van der Waals surface area contributed by atoms with Crippen LogP contribution in [0.3, 0.4) is 0 Å². The summed E-state index contributed by atoms with van der Waals surface area (Å²) >= 11 is 0.598. The number of aliphatic hydroxyl groups is 2. The molecule has 6 atom stereocenters. The lowest BCUT2D eigenvalue weighted by Crippen LogP contribution is -2.32. The molecule has 1 saturated heterocycles. The van der Waals surface area contributed by atoms with Gasteiger partial charge in [-0.05, 0) is 0 Å². The Morgan fingerprint density at radius 1 is 1.18 bits per heavy atom. The molecular formula is C11H18N5O13P3S. The van der Waals surface area contributed by atoms with E-state index in [1.165, 1.54) is 4.57 Å². The number of phosphoric acid groups is 2. The van der Waals surface area contributed by atoms with Crippen molar-refractivity contribution < 1.29 is 56.8 Å². The van der Waals surface area contributed by atoms with Crippen molar-refractivity contribution in [2.24, 2.45) is 0 Å². The van der Waals surface area contributed by atoms with Crippen LogP contribution in [0.15, 0.2) is 11.1 Å². The van der Waals surface area contributed by atoms with Gasteiger partial charge in [-0.15, -0.1) is 11.8 Å². The summed E-state index contributed by atoms with van der Waals surface area (Å²) in [6, 6.07) is 0. The van der Waals surface area contributed by atoms with Gasteiger partial charge in [0.1, 0.15) is 12.2 Å². The highest BCUT2D eigenvalue weighted by molar-refractivity contribution is 8.04. The van der Waals surface area contributed by atoms with Gasteiger partial charge in [0.25, 0.3) is 5.56 Å². The van der Waals surface area contributed by atoms with Crippen molar-refractivity contribution in [3.8, 4) is 0 Å². The minimum absolute atomic E-state index is 0.0298. The van der Waals surface area contributed by atoms with Gasteiger partial charge in [-0.25, -0.2) is 18.4 Å². The molecule has 9 N–H and O–H groups in total. The number of fused-ring (bicyclic) bond motifs is 1.